The standard InChI is InChI=1S/C13H13ClN2OS/c1-9-12(18-8-16-9)6-7-15-13(17)10-2-4-11(14)5-3-10/h2-5,8H,6-7H2,1H3,(H,15,17). The number of amides is 1. The molecule has 94 valence electrons. The molecule has 0 aliphatic rings. The third-order valence-corrected chi connectivity index (χ3v) is 3.84. The van der Waals surface area contributed by atoms with Gasteiger partial charge in [0.1, 0.15) is 0 Å². The van der Waals surface area contributed by atoms with Crippen molar-refractivity contribution in [2.24, 2.45) is 0 Å². The first-order valence-corrected chi connectivity index (χ1v) is 6.85. The highest BCUT2D eigenvalue weighted by atomic mass is 35.5. The first-order chi connectivity index (χ1) is 8.66. The van der Waals surface area contributed by atoms with Crippen LogP contribution in [0.5, 0.6) is 0 Å². The van der Waals surface area contributed by atoms with E-state index in [2.05, 4.69) is 10.3 Å². The molecule has 0 unspecified atom stereocenters. The smallest absolute Gasteiger partial charge is 0.251 e. The van der Waals surface area contributed by atoms with Crippen LogP contribution in [0.15, 0.2) is 29.8 Å². The average Bonchev–Trinajstić information content (AvgIpc) is 2.76. The fourth-order valence-corrected chi connectivity index (χ4v) is 2.47. The van der Waals surface area contributed by atoms with Crippen molar-refractivity contribution in [2.45, 2.75) is 13.3 Å². The lowest BCUT2D eigenvalue weighted by molar-refractivity contribution is 0.0954. The van der Waals surface area contributed by atoms with E-state index in [1.165, 1.54) is 4.88 Å². The van der Waals surface area contributed by atoms with E-state index in [1.54, 1.807) is 35.6 Å². The fourth-order valence-electron chi connectivity index (χ4n) is 1.56. The summed E-state index contributed by atoms with van der Waals surface area (Å²) < 4.78 is 0. The fraction of sp³-hybridized carbons (Fsp3) is 0.231. The Morgan fingerprint density at radius 3 is 2.72 bits per heavy atom. The number of nitrogens with zero attached hydrogens (tertiary/aromatic N) is 1. The number of hydrogen-bond acceptors (Lipinski definition) is 3. The summed E-state index contributed by atoms with van der Waals surface area (Å²) in [6, 6.07) is 6.86. The van der Waals surface area contributed by atoms with Crippen molar-refractivity contribution in [2.75, 3.05) is 6.54 Å². The molecule has 0 radical (unpaired) electrons. The number of nitrogens with one attached hydrogen (secondary N) is 1. The van der Waals surface area contributed by atoms with Gasteiger partial charge >= 0.3 is 0 Å². The Labute approximate surface area is 115 Å². The number of carbonyl (C=O) groups is 1. The average molecular weight is 281 g/mol. The van der Waals surface area contributed by atoms with Crippen molar-refractivity contribution in [3.05, 3.63) is 50.9 Å². The maximum Gasteiger partial charge on any atom is 0.251 e. The van der Waals surface area contributed by atoms with Gasteiger partial charge in [-0.2, -0.15) is 0 Å². The summed E-state index contributed by atoms with van der Waals surface area (Å²) in [7, 11) is 0. The maximum absolute atomic E-state index is 11.8. The van der Waals surface area contributed by atoms with E-state index in [-0.39, 0.29) is 5.91 Å². The Morgan fingerprint density at radius 1 is 1.39 bits per heavy atom. The summed E-state index contributed by atoms with van der Waals surface area (Å²) in [5, 5.41) is 3.51. The van der Waals surface area contributed by atoms with Gasteiger partial charge in [0.2, 0.25) is 0 Å². The quantitative estimate of drug-likeness (QED) is 0.935. The van der Waals surface area contributed by atoms with E-state index >= 15 is 0 Å². The van der Waals surface area contributed by atoms with Crippen LogP contribution in [0, 0.1) is 6.92 Å². The van der Waals surface area contributed by atoms with E-state index in [9.17, 15) is 4.79 Å². The van der Waals surface area contributed by atoms with Crippen LogP contribution in [-0.2, 0) is 6.42 Å². The molecule has 0 fully saturated rings. The van der Waals surface area contributed by atoms with E-state index in [4.69, 9.17) is 11.6 Å². The molecule has 1 N–H and O–H groups in total. The SMILES string of the molecule is Cc1ncsc1CCNC(=O)c1ccc(Cl)cc1. The van der Waals surface area contributed by atoms with Crippen molar-refractivity contribution in [1.82, 2.24) is 10.3 Å². The van der Waals surface area contributed by atoms with E-state index in [1.807, 2.05) is 12.4 Å². The lowest BCUT2D eigenvalue weighted by Crippen LogP contribution is -2.25. The number of benzene rings is 1. The zero-order chi connectivity index (χ0) is 13.0. The molecule has 18 heavy (non-hydrogen) atoms. The molecule has 5 heteroatoms. The highest BCUT2D eigenvalue weighted by Crippen LogP contribution is 2.12. The van der Waals surface area contributed by atoms with Crippen LogP contribution in [0.1, 0.15) is 20.9 Å². The molecule has 0 aliphatic carbocycles. The monoisotopic (exact) mass is 280 g/mol. The topological polar surface area (TPSA) is 42.0 Å². The normalized spacial score (nSPS) is 10.3. The molecule has 0 atom stereocenters. The molecule has 1 aromatic heterocycles. The van der Waals surface area contributed by atoms with Crippen LogP contribution in [0.25, 0.3) is 0 Å². The van der Waals surface area contributed by atoms with Gasteiger partial charge in [0, 0.05) is 28.4 Å². The van der Waals surface area contributed by atoms with Crippen LogP contribution in [-0.4, -0.2) is 17.4 Å². The second kappa shape index (κ2) is 5.98. The van der Waals surface area contributed by atoms with Gasteiger partial charge in [-0.1, -0.05) is 11.6 Å². The molecule has 1 heterocycles. The van der Waals surface area contributed by atoms with Crippen molar-refractivity contribution in [3.63, 3.8) is 0 Å². The minimum atomic E-state index is -0.0752. The number of aromatic nitrogens is 1. The van der Waals surface area contributed by atoms with E-state index in [0.29, 0.717) is 17.1 Å². The van der Waals surface area contributed by atoms with Gasteiger partial charge in [0.15, 0.2) is 0 Å². The zero-order valence-corrected chi connectivity index (χ0v) is 11.5. The second-order valence-corrected chi connectivity index (χ2v) is 5.25. The van der Waals surface area contributed by atoms with Crippen LogP contribution in [0.2, 0.25) is 5.02 Å². The Balaban J connectivity index is 1.85. The predicted molar refractivity (Wildman–Crippen MR) is 74.3 cm³/mol. The number of hydrogen-bond donors (Lipinski definition) is 1. The summed E-state index contributed by atoms with van der Waals surface area (Å²) in [5.74, 6) is -0.0752. The molecule has 0 saturated carbocycles. The second-order valence-electron chi connectivity index (χ2n) is 3.87. The molecule has 1 aromatic carbocycles. The lowest BCUT2D eigenvalue weighted by atomic mass is 10.2. The van der Waals surface area contributed by atoms with Crippen molar-refractivity contribution >= 4 is 28.8 Å². The lowest BCUT2D eigenvalue weighted by Gasteiger charge is -2.04. The molecule has 0 aliphatic heterocycles. The molecule has 2 rings (SSSR count). The van der Waals surface area contributed by atoms with Crippen LogP contribution < -0.4 is 5.32 Å². The Hall–Kier alpha value is -1.39. The summed E-state index contributed by atoms with van der Waals surface area (Å²) in [5.41, 5.74) is 3.49. The van der Waals surface area contributed by atoms with Gasteiger partial charge in [-0.25, -0.2) is 4.98 Å². The molecule has 3 nitrogen and oxygen atoms in total. The minimum absolute atomic E-state index is 0.0752. The highest BCUT2D eigenvalue weighted by molar-refractivity contribution is 7.09. The first-order valence-electron chi connectivity index (χ1n) is 5.59. The summed E-state index contributed by atoms with van der Waals surface area (Å²) in [4.78, 5) is 17.2. The van der Waals surface area contributed by atoms with Crippen molar-refractivity contribution < 1.29 is 4.79 Å². The van der Waals surface area contributed by atoms with Gasteiger partial charge in [0.25, 0.3) is 5.91 Å². The van der Waals surface area contributed by atoms with Crippen LogP contribution in [0.4, 0.5) is 0 Å². The number of halogens is 1. The summed E-state index contributed by atoms with van der Waals surface area (Å²) in [6.45, 7) is 2.59. The largest absolute Gasteiger partial charge is 0.352 e. The zero-order valence-electron chi connectivity index (χ0n) is 9.94. The van der Waals surface area contributed by atoms with Gasteiger partial charge in [-0.15, -0.1) is 11.3 Å². The van der Waals surface area contributed by atoms with E-state index < -0.39 is 0 Å². The number of rotatable bonds is 4. The molecule has 0 saturated heterocycles. The van der Waals surface area contributed by atoms with Gasteiger partial charge < -0.3 is 5.32 Å². The molecular weight excluding hydrogens is 268 g/mol. The third-order valence-electron chi connectivity index (χ3n) is 2.59. The van der Waals surface area contributed by atoms with Crippen LogP contribution >= 0.6 is 22.9 Å². The van der Waals surface area contributed by atoms with Crippen molar-refractivity contribution in [3.8, 4) is 0 Å². The van der Waals surface area contributed by atoms with Crippen LogP contribution in [0.3, 0.4) is 0 Å². The van der Waals surface area contributed by atoms with E-state index in [0.717, 1.165) is 12.1 Å². The molecule has 1 amide bonds. The Morgan fingerprint density at radius 2 is 2.11 bits per heavy atom. The number of thiazole rings is 1. The minimum Gasteiger partial charge on any atom is -0.352 e. The van der Waals surface area contributed by atoms with Gasteiger partial charge in [-0.3, -0.25) is 4.79 Å². The summed E-state index contributed by atoms with van der Waals surface area (Å²) >= 11 is 7.39. The summed E-state index contributed by atoms with van der Waals surface area (Å²) in [6.07, 6.45) is 0.815. The molecule has 0 bridgehead atoms. The molecule has 0 spiro atoms. The Kier molecular flexibility index (Phi) is 4.33. The Bertz CT molecular complexity index is 536. The van der Waals surface area contributed by atoms with Gasteiger partial charge in [0.05, 0.1) is 11.2 Å². The van der Waals surface area contributed by atoms with Crippen molar-refractivity contribution in [1.29, 1.82) is 0 Å². The number of carbonyl (C=O) groups excluding carboxylic acids is 1. The predicted octanol–water partition coefficient (Wildman–Crippen LogP) is 3.08. The van der Waals surface area contributed by atoms with Gasteiger partial charge in [-0.05, 0) is 31.2 Å². The number of aryl methyl sites for hydroxylation is 1. The first kappa shape index (κ1) is 13.1. The molecule has 2 aromatic rings. The highest BCUT2D eigenvalue weighted by Gasteiger charge is 2.06. The maximum atomic E-state index is 11.8. The molecular formula is C13H13ClN2OS. The third kappa shape index (κ3) is 3.31.